The second-order valence-electron chi connectivity index (χ2n) is 4.56. The predicted molar refractivity (Wildman–Crippen MR) is 82.3 cm³/mol. The molecule has 0 aliphatic carbocycles. The number of aryl methyl sites for hydroxylation is 1. The zero-order valence-electron chi connectivity index (χ0n) is 12.5. The number of nitrogens with zero attached hydrogens (tertiary/aromatic N) is 3. The minimum Gasteiger partial charge on any atom is -0.467 e. The molecule has 1 aliphatic rings. The summed E-state index contributed by atoms with van der Waals surface area (Å²) in [6.07, 6.45) is -2.31. The lowest BCUT2D eigenvalue weighted by atomic mass is 10.3. The van der Waals surface area contributed by atoms with Gasteiger partial charge in [-0.15, -0.1) is 11.8 Å². The number of anilines is 1. The van der Waals surface area contributed by atoms with Crippen molar-refractivity contribution in [1.82, 2.24) is 19.7 Å². The minimum atomic E-state index is -4.68. The number of sulfonamides is 1. The fourth-order valence-corrected chi connectivity index (χ4v) is 4.33. The van der Waals surface area contributed by atoms with Gasteiger partial charge in [0.1, 0.15) is 5.82 Å². The Morgan fingerprint density at radius 2 is 2.12 bits per heavy atom. The van der Waals surface area contributed by atoms with Crippen LogP contribution in [0.5, 0.6) is 6.01 Å². The number of carbonyl (C=O) groups is 1. The fraction of sp³-hybridized carbons (Fsp3) is 0.455. The highest BCUT2D eigenvalue weighted by Gasteiger charge is 2.54. The van der Waals surface area contributed by atoms with Gasteiger partial charge in [0.15, 0.2) is 0 Å². The number of amides is 2. The first-order valence-corrected chi connectivity index (χ1v) is 8.77. The molecule has 2 N–H and O–H groups in total. The van der Waals surface area contributed by atoms with Gasteiger partial charge >= 0.3 is 12.0 Å². The van der Waals surface area contributed by atoms with Gasteiger partial charge in [-0.2, -0.15) is 15.0 Å². The SMILES string of the molecule is COc1nc(C)nc(NC(=O)NS(=O)(=O)C2(C(F)F)CC=CS2)n1. The molecule has 0 radical (unpaired) electrons. The summed E-state index contributed by atoms with van der Waals surface area (Å²) in [5.74, 6) is -0.0741. The summed E-state index contributed by atoms with van der Waals surface area (Å²) in [5.41, 5.74) is 0. The maximum Gasteiger partial charge on any atom is 0.335 e. The summed E-state index contributed by atoms with van der Waals surface area (Å²) in [4.78, 5) is 23.1. The van der Waals surface area contributed by atoms with Gasteiger partial charge in [0.05, 0.1) is 7.11 Å². The van der Waals surface area contributed by atoms with E-state index in [1.165, 1.54) is 25.5 Å². The van der Waals surface area contributed by atoms with Gasteiger partial charge in [-0.1, -0.05) is 6.08 Å². The molecule has 0 saturated heterocycles. The monoisotopic (exact) mass is 381 g/mol. The maximum atomic E-state index is 13.3. The average Bonchev–Trinajstić information content (AvgIpc) is 2.97. The van der Waals surface area contributed by atoms with Crippen LogP contribution in [-0.2, 0) is 10.0 Å². The van der Waals surface area contributed by atoms with Crippen LogP contribution in [0, 0.1) is 6.92 Å². The van der Waals surface area contributed by atoms with Crippen molar-refractivity contribution in [1.29, 1.82) is 0 Å². The molecule has 0 spiro atoms. The Kier molecular flexibility index (Phi) is 5.22. The highest BCUT2D eigenvalue weighted by molar-refractivity contribution is 8.16. The van der Waals surface area contributed by atoms with E-state index in [0.29, 0.717) is 11.8 Å². The third-order valence-corrected chi connectivity index (χ3v) is 6.64. The van der Waals surface area contributed by atoms with Gasteiger partial charge in [0, 0.05) is 6.42 Å². The number of aromatic nitrogens is 3. The molecule has 0 saturated carbocycles. The van der Waals surface area contributed by atoms with E-state index in [1.807, 2.05) is 5.32 Å². The minimum absolute atomic E-state index is 0.0970. The molecule has 1 aromatic heterocycles. The second kappa shape index (κ2) is 6.84. The Morgan fingerprint density at radius 1 is 1.42 bits per heavy atom. The summed E-state index contributed by atoms with van der Waals surface area (Å²) in [6, 6.07) is -1.37. The highest BCUT2D eigenvalue weighted by Crippen LogP contribution is 2.45. The van der Waals surface area contributed by atoms with Crippen LogP contribution in [-0.4, -0.2) is 47.0 Å². The molecule has 9 nitrogen and oxygen atoms in total. The molecular formula is C11H13F2N5O4S2. The molecule has 2 heterocycles. The van der Waals surface area contributed by atoms with Crippen LogP contribution in [0.4, 0.5) is 19.5 Å². The first kappa shape index (κ1) is 18.3. The van der Waals surface area contributed by atoms with Gasteiger partial charge in [-0.3, -0.25) is 5.32 Å². The van der Waals surface area contributed by atoms with Crippen molar-refractivity contribution in [3.63, 3.8) is 0 Å². The van der Waals surface area contributed by atoms with Crippen LogP contribution in [0.3, 0.4) is 0 Å². The Morgan fingerprint density at radius 3 is 2.67 bits per heavy atom. The van der Waals surface area contributed by atoms with Gasteiger partial charge in [0.25, 0.3) is 16.4 Å². The van der Waals surface area contributed by atoms with Gasteiger partial charge in [0.2, 0.25) is 10.0 Å². The van der Waals surface area contributed by atoms with E-state index < -0.39 is 33.0 Å². The Balaban J connectivity index is 2.15. The Bertz CT molecular complexity index is 764. The molecule has 1 atom stereocenters. The van der Waals surface area contributed by atoms with Crippen molar-refractivity contribution < 1.29 is 26.7 Å². The topological polar surface area (TPSA) is 123 Å². The summed E-state index contributed by atoms with van der Waals surface area (Å²) in [7, 11) is -3.39. The number of ether oxygens (including phenoxy) is 1. The van der Waals surface area contributed by atoms with Crippen LogP contribution < -0.4 is 14.8 Å². The van der Waals surface area contributed by atoms with Crippen LogP contribution >= 0.6 is 11.8 Å². The predicted octanol–water partition coefficient (Wildman–Crippen LogP) is 1.25. The van der Waals surface area contributed by atoms with Gasteiger partial charge in [-0.25, -0.2) is 26.7 Å². The van der Waals surface area contributed by atoms with Crippen LogP contribution in [0.25, 0.3) is 0 Å². The number of rotatable bonds is 5. The van der Waals surface area contributed by atoms with Crippen LogP contribution in [0.2, 0.25) is 0 Å². The first-order valence-electron chi connectivity index (χ1n) is 6.41. The van der Waals surface area contributed by atoms with E-state index in [1.54, 1.807) is 4.72 Å². The molecule has 1 aromatic rings. The highest BCUT2D eigenvalue weighted by atomic mass is 32.3. The largest absolute Gasteiger partial charge is 0.467 e. The Labute approximate surface area is 140 Å². The quantitative estimate of drug-likeness (QED) is 0.781. The lowest BCUT2D eigenvalue weighted by molar-refractivity contribution is 0.130. The van der Waals surface area contributed by atoms with E-state index in [9.17, 15) is 22.0 Å². The number of nitrogens with one attached hydrogen (secondary N) is 2. The summed E-state index contributed by atoms with van der Waals surface area (Å²) in [5, 5.41) is 3.30. The number of halogens is 2. The van der Waals surface area contributed by atoms with Gasteiger partial charge in [-0.05, 0) is 12.3 Å². The van der Waals surface area contributed by atoms with Crippen LogP contribution in [0.1, 0.15) is 12.2 Å². The van der Waals surface area contributed by atoms with E-state index in [0.717, 1.165) is 0 Å². The summed E-state index contributed by atoms with van der Waals surface area (Å²) in [6.45, 7) is 1.50. The number of hydrogen-bond donors (Lipinski definition) is 2. The third-order valence-electron chi connectivity index (χ3n) is 2.92. The first-order chi connectivity index (χ1) is 11.2. The number of hydrogen-bond acceptors (Lipinski definition) is 8. The molecule has 1 aliphatic heterocycles. The second-order valence-corrected chi connectivity index (χ2v) is 7.99. The molecule has 2 rings (SSSR count). The number of allylic oxidation sites excluding steroid dienone is 1. The maximum absolute atomic E-state index is 13.3. The zero-order chi connectivity index (χ0) is 18.0. The van der Waals surface area contributed by atoms with Crippen molar-refractivity contribution >= 4 is 33.8 Å². The molecular weight excluding hydrogens is 368 g/mol. The van der Waals surface area contributed by atoms with E-state index >= 15 is 0 Å². The van der Waals surface area contributed by atoms with Crippen molar-refractivity contribution in [2.24, 2.45) is 0 Å². The smallest absolute Gasteiger partial charge is 0.335 e. The fourth-order valence-electron chi connectivity index (χ4n) is 1.79. The van der Waals surface area contributed by atoms with E-state index in [2.05, 4.69) is 15.0 Å². The molecule has 24 heavy (non-hydrogen) atoms. The number of carbonyl (C=O) groups excluding carboxylic acids is 1. The van der Waals surface area contributed by atoms with E-state index in [-0.39, 0.29) is 17.8 Å². The molecule has 0 aromatic carbocycles. The lowest BCUT2D eigenvalue weighted by Gasteiger charge is -2.26. The molecule has 1 unspecified atom stereocenters. The van der Waals surface area contributed by atoms with Crippen molar-refractivity contribution in [2.45, 2.75) is 23.8 Å². The number of alkyl halides is 2. The van der Waals surface area contributed by atoms with Crippen molar-refractivity contribution in [3.05, 3.63) is 17.3 Å². The zero-order valence-corrected chi connectivity index (χ0v) is 14.1. The number of urea groups is 1. The van der Waals surface area contributed by atoms with Gasteiger partial charge < -0.3 is 4.74 Å². The summed E-state index contributed by atoms with van der Waals surface area (Å²) < 4.78 is 54.8. The average molecular weight is 381 g/mol. The Hall–Kier alpha value is -2.02. The molecule has 2 amide bonds. The van der Waals surface area contributed by atoms with Crippen molar-refractivity contribution in [3.8, 4) is 6.01 Å². The number of methoxy groups -OCH3 is 1. The third kappa shape index (κ3) is 3.56. The lowest BCUT2D eigenvalue weighted by Crippen LogP contribution is -2.50. The molecule has 132 valence electrons. The van der Waals surface area contributed by atoms with Crippen molar-refractivity contribution in [2.75, 3.05) is 12.4 Å². The molecule has 0 fully saturated rings. The standard InChI is InChI=1S/C11H13F2N5O4S2/c1-6-14-8(17-10(15-6)22-2)16-9(19)18-24(20,21)11(7(12)13)4-3-5-23-11/h3,5,7H,4H2,1-2H3,(H2,14,15,16,17,18,19). The normalized spacial score (nSPS) is 20.2. The summed E-state index contributed by atoms with van der Waals surface area (Å²) >= 11 is 0.439. The number of thioether (sulfide) groups is 1. The molecule has 13 heteroatoms. The molecule has 0 bridgehead atoms. The van der Waals surface area contributed by atoms with E-state index in [4.69, 9.17) is 4.74 Å². The van der Waals surface area contributed by atoms with Crippen LogP contribution in [0.15, 0.2) is 11.5 Å².